The monoisotopic (exact) mass is 306 g/mol. The Morgan fingerprint density at radius 3 is 1.73 bits per heavy atom. The van der Waals surface area contributed by atoms with Gasteiger partial charge in [0, 0.05) is 12.1 Å². The summed E-state index contributed by atoms with van der Waals surface area (Å²) in [6, 6.07) is 1.24. The molecule has 2 saturated heterocycles. The Labute approximate surface area is 133 Å². The van der Waals surface area contributed by atoms with Gasteiger partial charge in [-0.3, -0.25) is 9.80 Å². The van der Waals surface area contributed by atoms with Crippen molar-refractivity contribution in [2.24, 2.45) is 0 Å². The highest BCUT2D eigenvalue weighted by Gasteiger charge is 2.23. The molecule has 3 heterocycles. The van der Waals surface area contributed by atoms with Crippen LogP contribution in [0.25, 0.3) is 0 Å². The predicted molar refractivity (Wildman–Crippen MR) is 87.6 cm³/mol. The van der Waals surface area contributed by atoms with Crippen LogP contribution in [0.5, 0.6) is 0 Å². The first-order valence-electron chi connectivity index (χ1n) is 8.81. The van der Waals surface area contributed by atoms with Gasteiger partial charge in [-0.2, -0.15) is 0 Å². The van der Waals surface area contributed by atoms with Crippen LogP contribution < -0.4 is 5.84 Å². The number of nitrogens with zero attached hydrogens (tertiary/aromatic N) is 5. The van der Waals surface area contributed by atoms with E-state index in [2.05, 4.69) is 33.8 Å². The van der Waals surface area contributed by atoms with Crippen LogP contribution in [0.15, 0.2) is 0 Å². The summed E-state index contributed by atoms with van der Waals surface area (Å²) in [4.78, 5) is 4.95. The van der Waals surface area contributed by atoms with Crippen molar-refractivity contribution in [2.45, 2.75) is 77.5 Å². The van der Waals surface area contributed by atoms with Crippen molar-refractivity contribution in [1.29, 1.82) is 0 Å². The Kier molecular flexibility index (Phi) is 4.98. The second-order valence-corrected chi connectivity index (χ2v) is 7.03. The maximum absolute atomic E-state index is 6.27. The molecule has 6 heteroatoms. The Hall–Kier alpha value is -1.14. The SMILES string of the molecule is C[C@@H]1CCCCN1Cc1nnc(CN2CCCC[C@@H]2C)n1N. The van der Waals surface area contributed by atoms with Gasteiger partial charge in [-0.15, -0.1) is 10.2 Å². The number of nitrogen functional groups attached to an aromatic ring is 1. The van der Waals surface area contributed by atoms with E-state index in [1.54, 1.807) is 4.68 Å². The molecule has 2 atom stereocenters. The molecule has 2 aliphatic heterocycles. The molecule has 0 aromatic carbocycles. The third-order valence-electron chi connectivity index (χ3n) is 5.41. The van der Waals surface area contributed by atoms with Gasteiger partial charge < -0.3 is 5.84 Å². The standard InChI is InChI=1S/C16H30N6/c1-13-7-3-5-9-20(13)11-15-18-19-16(22(15)17)12-21-10-6-4-8-14(21)2/h13-14H,3-12,17H2,1-2H3/t13-,14+. The molecule has 0 aliphatic carbocycles. The van der Waals surface area contributed by atoms with E-state index in [4.69, 9.17) is 5.84 Å². The van der Waals surface area contributed by atoms with Crippen LogP contribution >= 0.6 is 0 Å². The Morgan fingerprint density at radius 1 is 0.864 bits per heavy atom. The minimum atomic E-state index is 0.621. The first kappa shape index (κ1) is 15.7. The molecule has 2 N–H and O–H groups in total. The van der Waals surface area contributed by atoms with Gasteiger partial charge in [-0.25, -0.2) is 4.68 Å². The average Bonchev–Trinajstić information content (AvgIpc) is 2.85. The Morgan fingerprint density at radius 2 is 1.32 bits per heavy atom. The highest BCUT2D eigenvalue weighted by Crippen LogP contribution is 2.20. The van der Waals surface area contributed by atoms with E-state index in [1.165, 1.54) is 38.5 Å². The van der Waals surface area contributed by atoms with E-state index >= 15 is 0 Å². The first-order valence-corrected chi connectivity index (χ1v) is 8.81. The van der Waals surface area contributed by atoms with E-state index in [9.17, 15) is 0 Å². The summed E-state index contributed by atoms with van der Waals surface area (Å²) in [5.74, 6) is 8.06. The zero-order chi connectivity index (χ0) is 15.5. The van der Waals surface area contributed by atoms with Gasteiger partial charge in [-0.05, 0) is 52.6 Å². The molecule has 0 saturated carbocycles. The van der Waals surface area contributed by atoms with E-state index in [0.717, 1.165) is 37.8 Å². The number of aromatic nitrogens is 3. The van der Waals surface area contributed by atoms with Crippen molar-refractivity contribution < 1.29 is 0 Å². The molecule has 1 aromatic rings. The summed E-state index contributed by atoms with van der Waals surface area (Å²) in [5.41, 5.74) is 0. The molecule has 22 heavy (non-hydrogen) atoms. The van der Waals surface area contributed by atoms with Crippen LogP contribution in [-0.4, -0.2) is 49.8 Å². The van der Waals surface area contributed by atoms with Gasteiger partial charge in [0.1, 0.15) is 0 Å². The quantitative estimate of drug-likeness (QED) is 0.859. The van der Waals surface area contributed by atoms with Gasteiger partial charge in [0.15, 0.2) is 11.6 Å². The van der Waals surface area contributed by atoms with Crippen LogP contribution in [0.4, 0.5) is 0 Å². The van der Waals surface area contributed by atoms with E-state index in [0.29, 0.717) is 12.1 Å². The van der Waals surface area contributed by atoms with Crippen molar-refractivity contribution in [2.75, 3.05) is 18.9 Å². The maximum Gasteiger partial charge on any atom is 0.165 e. The van der Waals surface area contributed by atoms with Crippen LogP contribution in [0.3, 0.4) is 0 Å². The van der Waals surface area contributed by atoms with Gasteiger partial charge in [0.05, 0.1) is 13.1 Å². The lowest BCUT2D eigenvalue weighted by Gasteiger charge is -2.33. The summed E-state index contributed by atoms with van der Waals surface area (Å²) in [6.07, 6.45) is 7.78. The predicted octanol–water partition coefficient (Wildman–Crippen LogP) is 1.74. The Bertz CT molecular complexity index is 443. The van der Waals surface area contributed by atoms with Crippen LogP contribution in [0, 0.1) is 0 Å². The zero-order valence-corrected chi connectivity index (χ0v) is 14.0. The van der Waals surface area contributed by atoms with Gasteiger partial charge in [0.25, 0.3) is 0 Å². The topological polar surface area (TPSA) is 63.2 Å². The molecule has 6 nitrogen and oxygen atoms in total. The first-order chi connectivity index (χ1) is 10.6. The third-order valence-corrected chi connectivity index (χ3v) is 5.41. The van der Waals surface area contributed by atoms with Crippen LogP contribution in [-0.2, 0) is 13.1 Å². The van der Waals surface area contributed by atoms with Gasteiger partial charge >= 0.3 is 0 Å². The molecule has 0 radical (unpaired) electrons. The normalized spacial score (nSPS) is 28.1. The van der Waals surface area contributed by atoms with E-state index < -0.39 is 0 Å². The van der Waals surface area contributed by atoms with E-state index in [-0.39, 0.29) is 0 Å². The van der Waals surface area contributed by atoms with Gasteiger partial charge in [0.2, 0.25) is 0 Å². The highest BCUT2D eigenvalue weighted by atomic mass is 15.4. The minimum Gasteiger partial charge on any atom is -0.336 e. The summed E-state index contributed by atoms with van der Waals surface area (Å²) >= 11 is 0. The van der Waals surface area contributed by atoms with E-state index in [1.807, 2.05) is 0 Å². The number of nitrogens with two attached hydrogens (primary N) is 1. The lowest BCUT2D eigenvalue weighted by molar-refractivity contribution is 0.144. The summed E-state index contributed by atoms with van der Waals surface area (Å²) < 4.78 is 1.72. The summed E-state index contributed by atoms with van der Waals surface area (Å²) in [7, 11) is 0. The van der Waals surface area contributed by atoms with Crippen molar-refractivity contribution >= 4 is 0 Å². The zero-order valence-electron chi connectivity index (χ0n) is 14.0. The average molecular weight is 306 g/mol. The molecule has 0 unspecified atom stereocenters. The molecule has 124 valence electrons. The largest absolute Gasteiger partial charge is 0.336 e. The summed E-state index contributed by atoms with van der Waals surface area (Å²) in [5, 5.41) is 8.71. The molecular formula is C16H30N6. The fourth-order valence-electron chi connectivity index (χ4n) is 3.72. The molecule has 0 spiro atoms. The van der Waals surface area contributed by atoms with Crippen molar-refractivity contribution in [1.82, 2.24) is 24.7 Å². The highest BCUT2D eigenvalue weighted by molar-refractivity contribution is 4.97. The second kappa shape index (κ2) is 6.96. The molecule has 2 aliphatic rings. The third kappa shape index (κ3) is 3.43. The molecule has 0 amide bonds. The van der Waals surface area contributed by atoms with Crippen LogP contribution in [0.1, 0.15) is 64.0 Å². The lowest BCUT2D eigenvalue weighted by Crippen LogP contribution is -2.39. The summed E-state index contributed by atoms with van der Waals surface area (Å²) in [6.45, 7) is 8.53. The minimum absolute atomic E-state index is 0.621. The Balaban J connectivity index is 1.63. The van der Waals surface area contributed by atoms with Gasteiger partial charge in [-0.1, -0.05) is 12.8 Å². The lowest BCUT2D eigenvalue weighted by atomic mass is 10.0. The van der Waals surface area contributed by atoms with Crippen molar-refractivity contribution in [3.05, 3.63) is 11.6 Å². The smallest absolute Gasteiger partial charge is 0.165 e. The maximum atomic E-state index is 6.27. The number of piperidine rings is 2. The molecular weight excluding hydrogens is 276 g/mol. The van der Waals surface area contributed by atoms with Crippen molar-refractivity contribution in [3.63, 3.8) is 0 Å². The number of hydrogen-bond donors (Lipinski definition) is 1. The van der Waals surface area contributed by atoms with Crippen LogP contribution in [0.2, 0.25) is 0 Å². The molecule has 1 aromatic heterocycles. The molecule has 2 fully saturated rings. The number of rotatable bonds is 4. The number of likely N-dealkylation sites (tertiary alicyclic amines) is 2. The number of hydrogen-bond acceptors (Lipinski definition) is 5. The fourth-order valence-corrected chi connectivity index (χ4v) is 3.72. The second-order valence-electron chi connectivity index (χ2n) is 7.03. The van der Waals surface area contributed by atoms with Crippen molar-refractivity contribution in [3.8, 4) is 0 Å². The molecule has 0 bridgehead atoms. The molecule has 3 rings (SSSR count). The fraction of sp³-hybridized carbons (Fsp3) is 0.875.